The summed E-state index contributed by atoms with van der Waals surface area (Å²) < 4.78 is 0. The molecular weight excluding hydrogens is 322 g/mol. The van der Waals surface area contributed by atoms with Crippen LogP contribution in [0.2, 0.25) is 0 Å². The van der Waals surface area contributed by atoms with Gasteiger partial charge >= 0.3 is 0 Å². The van der Waals surface area contributed by atoms with Crippen molar-refractivity contribution in [3.63, 3.8) is 0 Å². The summed E-state index contributed by atoms with van der Waals surface area (Å²) in [6.45, 7) is 5.85. The molecule has 2 aromatic rings. The number of nitrogens with zero attached hydrogens (tertiary/aromatic N) is 3. The van der Waals surface area contributed by atoms with E-state index in [0.29, 0.717) is 5.56 Å². The Kier molecular flexibility index (Phi) is 5.78. The number of carbonyl (C=O) groups is 1. The van der Waals surface area contributed by atoms with Gasteiger partial charge in [-0.15, -0.1) is 0 Å². The Morgan fingerprint density at radius 2 is 1.85 bits per heavy atom. The molecule has 26 heavy (non-hydrogen) atoms. The van der Waals surface area contributed by atoms with E-state index in [4.69, 9.17) is 0 Å². The van der Waals surface area contributed by atoms with E-state index in [0.717, 1.165) is 61.7 Å². The van der Waals surface area contributed by atoms with Gasteiger partial charge in [-0.05, 0) is 37.8 Å². The number of hydrogen-bond acceptors (Lipinski definition) is 3. The fourth-order valence-electron chi connectivity index (χ4n) is 3.91. The lowest BCUT2D eigenvalue weighted by molar-refractivity contribution is -0.137. The third-order valence-electron chi connectivity index (χ3n) is 5.31. The van der Waals surface area contributed by atoms with Gasteiger partial charge in [-0.3, -0.25) is 14.8 Å². The third kappa shape index (κ3) is 3.39. The minimum atomic E-state index is 0.0882. The van der Waals surface area contributed by atoms with Crippen LogP contribution < -0.4 is 5.01 Å². The standard InChI is InChI=1S/C22H27N3O/c1-3-9-17(4-2)22(26)25-15-8-7-14-24(25)21-13-12-18(16-23)19-10-5-6-11-20(19)21/h5-6,10-13,17H,3-4,7-9,14-15H2,1-2H3. The van der Waals surface area contributed by atoms with Crippen molar-refractivity contribution < 1.29 is 4.79 Å². The Morgan fingerprint density at radius 3 is 2.54 bits per heavy atom. The molecule has 0 N–H and O–H groups in total. The molecule has 0 bridgehead atoms. The molecule has 1 heterocycles. The molecule has 0 spiro atoms. The molecule has 1 unspecified atom stereocenters. The van der Waals surface area contributed by atoms with Crippen molar-refractivity contribution in [3.05, 3.63) is 42.0 Å². The van der Waals surface area contributed by atoms with Gasteiger partial charge in [-0.1, -0.05) is 44.5 Å². The van der Waals surface area contributed by atoms with Crippen molar-refractivity contribution in [1.29, 1.82) is 5.26 Å². The second-order valence-corrected chi connectivity index (χ2v) is 6.98. The molecule has 136 valence electrons. The van der Waals surface area contributed by atoms with Gasteiger partial charge in [-0.2, -0.15) is 5.26 Å². The van der Waals surface area contributed by atoms with E-state index in [1.54, 1.807) is 0 Å². The second-order valence-electron chi connectivity index (χ2n) is 6.98. The van der Waals surface area contributed by atoms with Gasteiger partial charge in [0.15, 0.2) is 0 Å². The van der Waals surface area contributed by atoms with Gasteiger partial charge in [0.05, 0.1) is 17.3 Å². The van der Waals surface area contributed by atoms with E-state index in [1.807, 2.05) is 41.4 Å². The molecule has 0 aliphatic carbocycles. The van der Waals surface area contributed by atoms with E-state index >= 15 is 0 Å². The van der Waals surface area contributed by atoms with Crippen LogP contribution in [0, 0.1) is 17.2 Å². The minimum absolute atomic E-state index is 0.0882. The molecule has 0 aromatic heterocycles. The number of carbonyl (C=O) groups excluding carboxylic acids is 1. The Morgan fingerprint density at radius 1 is 1.12 bits per heavy atom. The maximum atomic E-state index is 13.2. The van der Waals surface area contributed by atoms with Crippen molar-refractivity contribution in [1.82, 2.24) is 5.01 Å². The first-order valence-electron chi connectivity index (χ1n) is 9.71. The predicted octanol–water partition coefficient (Wildman–Crippen LogP) is 4.88. The maximum absolute atomic E-state index is 13.2. The van der Waals surface area contributed by atoms with Crippen LogP contribution in [0.3, 0.4) is 0 Å². The molecule has 3 rings (SSSR count). The Balaban J connectivity index is 2.02. The third-order valence-corrected chi connectivity index (χ3v) is 5.31. The summed E-state index contributed by atoms with van der Waals surface area (Å²) in [5.74, 6) is 0.327. The van der Waals surface area contributed by atoms with E-state index in [2.05, 4.69) is 24.9 Å². The lowest BCUT2D eigenvalue weighted by atomic mass is 9.98. The summed E-state index contributed by atoms with van der Waals surface area (Å²) in [6, 6.07) is 14.1. The maximum Gasteiger partial charge on any atom is 0.244 e. The van der Waals surface area contributed by atoms with Crippen molar-refractivity contribution in [2.24, 2.45) is 5.92 Å². The number of hydrazine groups is 1. The Labute approximate surface area is 156 Å². The Hall–Kier alpha value is -2.54. The summed E-state index contributed by atoms with van der Waals surface area (Å²) in [5.41, 5.74) is 1.70. The predicted molar refractivity (Wildman–Crippen MR) is 106 cm³/mol. The number of rotatable bonds is 5. The molecule has 4 nitrogen and oxygen atoms in total. The van der Waals surface area contributed by atoms with E-state index in [9.17, 15) is 10.1 Å². The van der Waals surface area contributed by atoms with Crippen molar-refractivity contribution in [3.8, 4) is 6.07 Å². The molecule has 1 saturated heterocycles. The quantitative estimate of drug-likeness (QED) is 0.773. The molecule has 0 radical (unpaired) electrons. The smallest absolute Gasteiger partial charge is 0.244 e. The first kappa shape index (κ1) is 18.3. The summed E-state index contributed by atoms with van der Waals surface area (Å²) >= 11 is 0. The van der Waals surface area contributed by atoms with E-state index < -0.39 is 0 Å². The fourth-order valence-corrected chi connectivity index (χ4v) is 3.91. The van der Waals surface area contributed by atoms with Gasteiger partial charge in [0.25, 0.3) is 0 Å². The Bertz CT molecular complexity index is 824. The van der Waals surface area contributed by atoms with E-state index in [1.165, 1.54) is 0 Å². The highest BCUT2D eigenvalue weighted by molar-refractivity contribution is 5.98. The molecule has 1 amide bonds. The van der Waals surface area contributed by atoms with Crippen molar-refractivity contribution in [2.75, 3.05) is 18.1 Å². The number of nitriles is 1. The largest absolute Gasteiger partial charge is 0.282 e. The van der Waals surface area contributed by atoms with Gasteiger partial charge in [0.1, 0.15) is 0 Å². The molecule has 4 heteroatoms. The molecule has 1 aliphatic heterocycles. The lowest BCUT2D eigenvalue weighted by Crippen LogP contribution is -2.52. The van der Waals surface area contributed by atoms with Gasteiger partial charge < -0.3 is 0 Å². The molecule has 1 aliphatic rings. The SMILES string of the molecule is CCCC(CC)C(=O)N1CCCCN1c1ccc(C#N)c2ccccc12. The molecular formula is C22H27N3O. The van der Waals surface area contributed by atoms with Gasteiger partial charge in [0.2, 0.25) is 5.91 Å². The average molecular weight is 349 g/mol. The molecule has 1 fully saturated rings. The average Bonchev–Trinajstić information content (AvgIpc) is 2.70. The lowest BCUT2D eigenvalue weighted by Gasteiger charge is -2.42. The monoisotopic (exact) mass is 349 g/mol. The zero-order valence-corrected chi connectivity index (χ0v) is 15.7. The summed E-state index contributed by atoms with van der Waals surface area (Å²) in [5, 5.41) is 15.5. The van der Waals surface area contributed by atoms with Crippen LogP contribution in [0.4, 0.5) is 5.69 Å². The normalized spacial score (nSPS) is 15.7. The molecule has 2 aromatic carbocycles. The number of amides is 1. The van der Waals surface area contributed by atoms with Crippen molar-refractivity contribution in [2.45, 2.75) is 46.0 Å². The second kappa shape index (κ2) is 8.23. The molecule has 0 saturated carbocycles. The zero-order chi connectivity index (χ0) is 18.5. The number of hydrogen-bond donors (Lipinski definition) is 0. The van der Waals surface area contributed by atoms with Crippen LogP contribution in [0.15, 0.2) is 36.4 Å². The van der Waals surface area contributed by atoms with Crippen molar-refractivity contribution >= 4 is 22.4 Å². The highest BCUT2D eigenvalue weighted by atomic mass is 16.2. The zero-order valence-electron chi connectivity index (χ0n) is 15.7. The van der Waals surface area contributed by atoms with Crippen LogP contribution in [0.5, 0.6) is 0 Å². The highest BCUT2D eigenvalue weighted by Gasteiger charge is 2.30. The van der Waals surface area contributed by atoms with Crippen LogP contribution in [-0.4, -0.2) is 24.0 Å². The first-order valence-corrected chi connectivity index (χ1v) is 9.71. The summed E-state index contributed by atoms with van der Waals surface area (Å²) in [4.78, 5) is 13.2. The van der Waals surface area contributed by atoms with Gasteiger partial charge in [-0.25, -0.2) is 0 Å². The number of benzene rings is 2. The minimum Gasteiger partial charge on any atom is -0.282 e. The summed E-state index contributed by atoms with van der Waals surface area (Å²) in [6.07, 6.45) is 4.96. The van der Waals surface area contributed by atoms with Crippen LogP contribution >= 0.6 is 0 Å². The first-order chi connectivity index (χ1) is 12.7. The fraction of sp³-hybridized carbons (Fsp3) is 0.455. The molecule has 1 atom stereocenters. The van der Waals surface area contributed by atoms with E-state index in [-0.39, 0.29) is 11.8 Å². The van der Waals surface area contributed by atoms with Crippen LogP contribution in [0.25, 0.3) is 10.8 Å². The van der Waals surface area contributed by atoms with Crippen LogP contribution in [0.1, 0.15) is 51.5 Å². The summed E-state index contributed by atoms with van der Waals surface area (Å²) in [7, 11) is 0. The van der Waals surface area contributed by atoms with Gasteiger partial charge in [0, 0.05) is 29.8 Å². The van der Waals surface area contributed by atoms with Crippen LogP contribution in [-0.2, 0) is 4.79 Å². The number of fused-ring (bicyclic) bond motifs is 1. The topological polar surface area (TPSA) is 47.3 Å². The number of anilines is 1. The highest BCUT2D eigenvalue weighted by Crippen LogP contribution is 2.33.